The normalized spacial score (nSPS) is 10.3. The van der Waals surface area contributed by atoms with E-state index in [9.17, 15) is 9.59 Å². The lowest BCUT2D eigenvalue weighted by Crippen LogP contribution is -2.12. The van der Waals surface area contributed by atoms with Crippen LogP contribution >= 0.6 is 0 Å². The van der Waals surface area contributed by atoms with Gasteiger partial charge in [0, 0.05) is 17.5 Å². The molecule has 0 aliphatic carbocycles. The highest BCUT2D eigenvalue weighted by Gasteiger charge is 2.05. The lowest BCUT2D eigenvalue weighted by molar-refractivity contribution is -0.139. The molecular formula is C12H11NO5. The van der Waals surface area contributed by atoms with E-state index >= 15 is 0 Å². The van der Waals surface area contributed by atoms with Gasteiger partial charge in [-0.2, -0.15) is 0 Å². The van der Waals surface area contributed by atoms with Gasteiger partial charge in [0.05, 0.1) is 12.6 Å². The number of aliphatic carboxylic acids is 1. The summed E-state index contributed by atoms with van der Waals surface area (Å²) in [5.74, 6) is -0.404. The summed E-state index contributed by atoms with van der Waals surface area (Å²) in [4.78, 5) is 25.0. The van der Waals surface area contributed by atoms with E-state index in [1.165, 1.54) is 13.2 Å². The molecule has 2 N–H and O–H groups in total. The number of H-pyrrole nitrogens is 1. The van der Waals surface area contributed by atoms with Crippen molar-refractivity contribution in [3.8, 4) is 11.6 Å². The van der Waals surface area contributed by atoms with Crippen LogP contribution in [0, 0.1) is 0 Å². The predicted octanol–water partition coefficient (Wildman–Crippen LogP) is 1.00. The Hall–Kier alpha value is -2.50. The number of nitrogens with one attached hydrogen (secondary N) is 1. The van der Waals surface area contributed by atoms with Crippen LogP contribution in [0.2, 0.25) is 0 Å². The van der Waals surface area contributed by atoms with E-state index in [2.05, 4.69) is 4.98 Å². The molecule has 0 amide bonds. The minimum atomic E-state index is -1.11. The molecule has 0 bridgehead atoms. The van der Waals surface area contributed by atoms with Gasteiger partial charge in [0.25, 0.3) is 0 Å². The van der Waals surface area contributed by atoms with Crippen molar-refractivity contribution < 1.29 is 19.4 Å². The summed E-state index contributed by atoms with van der Waals surface area (Å²) in [5.41, 5.74) is 0.286. The first-order valence-electron chi connectivity index (χ1n) is 5.16. The van der Waals surface area contributed by atoms with Crippen LogP contribution in [-0.2, 0) is 4.79 Å². The van der Waals surface area contributed by atoms with E-state index in [1.54, 1.807) is 18.2 Å². The van der Waals surface area contributed by atoms with Crippen molar-refractivity contribution >= 4 is 16.9 Å². The summed E-state index contributed by atoms with van der Waals surface area (Å²) in [6.07, 6.45) is 0. The van der Waals surface area contributed by atoms with Crippen LogP contribution in [0.3, 0.4) is 0 Å². The number of pyridine rings is 1. The molecule has 94 valence electrons. The molecule has 0 saturated heterocycles. The van der Waals surface area contributed by atoms with Crippen LogP contribution in [0.1, 0.15) is 0 Å². The second kappa shape index (κ2) is 4.79. The molecule has 0 unspecified atom stereocenters. The molecule has 0 saturated carbocycles. The summed E-state index contributed by atoms with van der Waals surface area (Å²) < 4.78 is 9.98. The largest absolute Gasteiger partial charge is 0.497 e. The van der Waals surface area contributed by atoms with Crippen LogP contribution < -0.4 is 14.9 Å². The third-order valence-electron chi connectivity index (χ3n) is 2.36. The van der Waals surface area contributed by atoms with Crippen molar-refractivity contribution in [2.24, 2.45) is 0 Å². The van der Waals surface area contributed by atoms with Gasteiger partial charge in [-0.15, -0.1) is 0 Å². The molecule has 2 rings (SSSR count). The molecule has 0 aliphatic heterocycles. The number of aromatic nitrogens is 1. The Morgan fingerprint density at radius 3 is 2.83 bits per heavy atom. The Labute approximate surface area is 102 Å². The van der Waals surface area contributed by atoms with Gasteiger partial charge in [0.15, 0.2) is 17.9 Å². The van der Waals surface area contributed by atoms with Crippen molar-refractivity contribution in [3.63, 3.8) is 0 Å². The van der Waals surface area contributed by atoms with Gasteiger partial charge in [-0.3, -0.25) is 4.79 Å². The fraction of sp³-hybridized carbons (Fsp3) is 0.167. The van der Waals surface area contributed by atoms with E-state index < -0.39 is 12.6 Å². The Kier molecular flexibility index (Phi) is 3.18. The SMILES string of the molecule is COc1ccc2c(=O)cc(OCC(=O)O)[nH]c2c1. The maximum Gasteiger partial charge on any atom is 0.341 e. The molecule has 6 nitrogen and oxygen atoms in total. The Morgan fingerprint density at radius 1 is 1.39 bits per heavy atom. The van der Waals surface area contributed by atoms with Crippen molar-refractivity contribution in [3.05, 3.63) is 34.5 Å². The zero-order valence-electron chi connectivity index (χ0n) is 9.60. The summed E-state index contributed by atoms with van der Waals surface area (Å²) in [5, 5.41) is 8.99. The van der Waals surface area contributed by atoms with E-state index in [0.29, 0.717) is 16.7 Å². The van der Waals surface area contributed by atoms with Crippen LogP contribution in [0.25, 0.3) is 10.9 Å². The number of carbonyl (C=O) groups is 1. The monoisotopic (exact) mass is 249 g/mol. The molecule has 0 fully saturated rings. The molecule has 2 aromatic rings. The van der Waals surface area contributed by atoms with Crippen LogP contribution in [0.15, 0.2) is 29.1 Å². The van der Waals surface area contributed by atoms with Gasteiger partial charge in [0.1, 0.15) is 5.75 Å². The summed E-state index contributed by atoms with van der Waals surface area (Å²) in [6, 6.07) is 6.17. The molecule has 1 aromatic carbocycles. The van der Waals surface area contributed by atoms with Gasteiger partial charge in [-0.25, -0.2) is 4.79 Å². The molecule has 0 atom stereocenters. The Balaban J connectivity index is 2.45. The van der Waals surface area contributed by atoms with Gasteiger partial charge in [0.2, 0.25) is 0 Å². The number of benzene rings is 1. The first-order valence-corrected chi connectivity index (χ1v) is 5.16. The number of hydrogen-bond acceptors (Lipinski definition) is 4. The van der Waals surface area contributed by atoms with E-state index in [4.69, 9.17) is 14.6 Å². The number of methoxy groups -OCH3 is 1. The molecule has 6 heteroatoms. The third-order valence-corrected chi connectivity index (χ3v) is 2.36. The fourth-order valence-corrected chi connectivity index (χ4v) is 1.55. The van der Waals surface area contributed by atoms with E-state index in [1.807, 2.05) is 0 Å². The number of carboxylic acids is 1. The van der Waals surface area contributed by atoms with Crippen LogP contribution in [0.5, 0.6) is 11.6 Å². The number of fused-ring (bicyclic) bond motifs is 1. The summed E-state index contributed by atoms with van der Waals surface area (Å²) in [6.45, 7) is -0.509. The van der Waals surface area contributed by atoms with Crippen LogP contribution in [-0.4, -0.2) is 29.8 Å². The third kappa shape index (κ3) is 2.42. The maximum atomic E-state index is 11.8. The summed E-state index contributed by atoms with van der Waals surface area (Å²) >= 11 is 0. The number of rotatable bonds is 4. The lowest BCUT2D eigenvalue weighted by Gasteiger charge is -2.06. The van der Waals surface area contributed by atoms with Crippen molar-refractivity contribution in [2.75, 3.05) is 13.7 Å². The minimum Gasteiger partial charge on any atom is -0.497 e. The highest BCUT2D eigenvalue weighted by molar-refractivity contribution is 5.80. The lowest BCUT2D eigenvalue weighted by atomic mass is 10.2. The highest BCUT2D eigenvalue weighted by Crippen LogP contribution is 2.18. The number of aromatic amines is 1. The topological polar surface area (TPSA) is 88.6 Å². The maximum absolute atomic E-state index is 11.8. The molecular weight excluding hydrogens is 238 g/mol. The molecule has 0 spiro atoms. The number of carboxylic acid groups (broad SMARTS) is 1. The predicted molar refractivity (Wildman–Crippen MR) is 64.3 cm³/mol. The molecule has 1 aromatic heterocycles. The number of hydrogen-bond donors (Lipinski definition) is 2. The second-order valence-electron chi connectivity index (χ2n) is 3.59. The standard InChI is InChI=1S/C12H11NO5/c1-17-7-2-3-8-9(4-7)13-11(5-10(8)14)18-6-12(15)16/h2-5H,6H2,1H3,(H,13,14)(H,15,16). The van der Waals surface area contributed by atoms with Gasteiger partial charge >= 0.3 is 5.97 Å². The number of ether oxygens (including phenoxy) is 2. The highest BCUT2D eigenvalue weighted by atomic mass is 16.5. The van der Waals surface area contributed by atoms with E-state index in [-0.39, 0.29) is 11.3 Å². The average Bonchev–Trinajstić information content (AvgIpc) is 2.35. The van der Waals surface area contributed by atoms with Crippen LogP contribution in [0.4, 0.5) is 0 Å². The first-order chi connectivity index (χ1) is 8.60. The van der Waals surface area contributed by atoms with Gasteiger partial charge < -0.3 is 19.6 Å². The Bertz CT molecular complexity index is 646. The van der Waals surface area contributed by atoms with E-state index in [0.717, 1.165) is 0 Å². The van der Waals surface area contributed by atoms with Crippen molar-refractivity contribution in [1.82, 2.24) is 4.98 Å². The smallest absolute Gasteiger partial charge is 0.341 e. The first kappa shape index (κ1) is 12.0. The quantitative estimate of drug-likeness (QED) is 0.843. The van der Waals surface area contributed by atoms with Crippen molar-refractivity contribution in [2.45, 2.75) is 0 Å². The molecule has 18 heavy (non-hydrogen) atoms. The minimum absolute atomic E-state index is 0.114. The zero-order chi connectivity index (χ0) is 13.1. The average molecular weight is 249 g/mol. The summed E-state index contributed by atoms with van der Waals surface area (Å²) in [7, 11) is 1.52. The zero-order valence-corrected chi connectivity index (χ0v) is 9.60. The Morgan fingerprint density at radius 2 is 2.17 bits per heavy atom. The molecule has 0 aliphatic rings. The molecule has 1 heterocycles. The molecule has 0 radical (unpaired) electrons. The van der Waals surface area contributed by atoms with Gasteiger partial charge in [-0.1, -0.05) is 0 Å². The van der Waals surface area contributed by atoms with Gasteiger partial charge in [-0.05, 0) is 12.1 Å². The second-order valence-corrected chi connectivity index (χ2v) is 3.59. The van der Waals surface area contributed by atoms with Crippen molar-refractivity contribution in [1.29, 1.82) is 0 Å². The fourth-order valence-electron chi connectivity index (χ4n) is 1.55.